The molecular weight excluding hydrogens is 492 g/mol. The second kappa shape index (κ2) is 11.7. The lowest BCUT2D eigenvalue weighted by atomic mass is 9.87. The largest absolute Gasteiger partial charge is 0.483 e. The van der Waals surface area contributed by atoms with Gasteiger partial charge in [0.2, 0.25) is 5.91 Å². The monoisotopic (exact) mass is 522 g/mol. The van der Waals surface area contributed by atoms with Crippen LogP contribution >= 0.6 is 27.5 Å². The number of rotatable bonds is 9. The molecular formula is C25H32BrClN2O3. The first-order valence-corrected chi connectivity index (χ1v) is 11.9. The molecule has 0 aromatic heterocycles. The molecule has 1 atom stereocenters. The van der Waals surface area contributed by atoms with Crippen LogP contribution in [0.1, 0.15) is 52.2 Å². The standard InChI is InChI=1S/C25H32BrClN2O3/c1-6-12-28-24(31)17(2)29(15-18-8-7-9-20(27)13-18)23(30)16-32-22-11-10-19(14-21(22)26)25(3,4)5/h7-11,13-14,17H,6,12,15-16H2,1-5H3,(H,28,31). The lowest BCUT2D eigenvalue weighted by Gasteiger charge is -2.29. The van der Waals surface area contributed by atoms with Crippen LogP contribution in [-0.4, -0.2) is 35.9 Å². The SMILES string of the molecule is CCCNC(=O)C(C)N(Cc1cccc(Cl)c1)C(=O)COc1ccc(C(C)(C)C)cc1Br. The number of nitrogens with zero attached hydrogens (tertiary/aromatic N) is 1. The molecule has 0 saturated carbocycles. The van der Waals surface area contributed by atoms with Gasteiger partial charge in [-0.3, -0.25) is 9.59 Å². The molecule has 174 valence electrons. The molecule has 5 nitrogen and oxygen atoms in total. The minimum Gasteiger partial charge on any atom is -0.483 e. The van der Waals surface area contributed by atoms with Gasteiger partial charge in [-0.1, -0.05) is 57.5 Å². The minimum atomic E-state index is -0.650. The van der Waals surface area contributed by atoms with Gasteiger partial charge in [0, 0.05) is 18.1 Å². The fourth-order valence-electron chi connectivity index (χ4n) is 3.12. The molecule has 0 radical (unpaired) electrons. The highest BCUT2D eigenvalue weighted by Crippen LogP contribution is 2.31. The van der Waals surface area contributed by atoms with E-state index < -0.39 is 6.04 Å². The van der Waals surface area contributed by atoms with Gasteiger partial charge in [0.15, 0.2) is 6.61 Å². The Balaban J connectivity index is 2.17. The van der Waals surface area contributed by atoms with Gasteiger partial charge in [-0.25, -0.2) is 0 Å². The molecule has 0 aliphatic carbocycles. The minimum absolute atomic E-state index is 0.00586. The fourth-order valence-corrected chi connectivity index (χ4v) is 3.82. The fraction of sp³-hybridized carbons (Fsp3) is 0.440. The van der Waals surface area contributed by atoms with Gasteiger partial charge in [0.25, 0.3) is 5.91 Å². The first kappa shape index (κ1) is 26.2. The quantitative estimate of drug-likeness (QED) is 0.457. The average molecular weight is 524 g/mol. The zero-order valence-electron chi connectivity index (χ0n) is 19.4. The molecule has 1 N–H and O–H groups in total. The highest BCUT2D eigenvalue weighted by atomic mass is 79.9. The van der Waals surface area contributed by atoms with Crippen molar-refractivity contribution in [2.24, 2.45) is 0 Å². The third-order valence-electron chi connectivity index (χ3n) is 5.11. The molecule has 2 aromatic carbocycles. The summed E-state index contributed by atoms with van der Waals surface area (Å²) < 4.78 is 6.61. The van der Waals surface area contributed by atoms with Crippen molar-refractivity contribution in [1.29, 1.82) is 0 Å². The van der Waals surface area contributed by atoms with Crippen LogP contribution < -0.4 is 10.1 Å². The molecule has 7 heteroatoms. The summed E-state index contributed by atoms with van der Waals surface area (Å²) in [6.45, 7) is 10.8. The van der Waals surface area contributed by atoms with Crippen LogP contribution in [0.5, 0.6) is 5.75 Å². The van der Waals surface area contributed by atoms with Crippen LogP contribution in [-0.2, 0) is 21.5 Å². The number of amides is 2. The van der Waals surface area contributed by atoms with Crippen LogP contribution in [0.15, 0.2) is 46.9 Å². The highest BCUT2D eigenvalue weighted by molar-refractivity contribution is 9.10. The van der Waals surface area contributed by atoms with Gasteiger partial charge in [0.05, 0.1) is 4.47 Å². The Morgan fingerprint density at radius 1 is 1.19 bits per heavy atom. The van der Waals surface area contributed by atoms with Crippen LogP contribution in [0.4, 0.5) is 0 Å². The molecule has 0 spiro atoms. The van der Waals surface area contributed by atoms with Crippen LogP contribution in [0.3, 0.4) is 0 Å². The van der Waals surface area contributed by atoms with Gasteiger partial charge in [0.1, 0.15) is 11.8 Å². The lowest BCUT2D eigenvalue weighted by molar-refractivity contribution is -0.142. The first-order chi connectivity index (χ1) is 15.0. The zero-order chi connectivity index (χ0) is 23.9. The Morgan fingerprint density at radius 3 is 2.50 bits per heavy atom. The zero-order valence-corrected chi connectivity index (χ0v) is 21.7. The van der Waals surface area contributed by atoms with Crippen molar-refractivity contribution in [1.82, 2.24) is 10.2 Å². The van der Waals surface area contributed by atoms with Gasteiger partial charge in [-0.05, 0) is 70.1 Å². The second-order valence-corrected chi connectivity index (χ2v) is 10.1. The van der Waals surface area contributed by atoms with Crippen molar-refractivity contribution in [2.45, 2.75) is 59.0 Å². The number of halogens is 2. The van der Waals surface area contributed by atoms with E-state index in [9.17, 15) is 9.59 Å². The van der Waals surface area contributed by atoms with E-state index in [0.29, 0.717) is 17.3 Å². The summed E-state index contributed by atoms with van der Waals surface area (Å²) in [6.07, 6.45) is 0.822. The number of nitrogens with one attached hydrogen (secondary N) is 1. The number of carbonyl (C=O) groups excluding carboxylic acids is 2. The molecule has 0 fully saturated rings. The number of hydrogen-bond acceptors (Lipinski definition) is 3. The van der Waals surface area contributed by atoms with Crippen LogP contribution in [0, 0.1) is 0 Å². The molecule has 0 saturated heterocycles. The summed E-state index contributed by atoms with van der Waals surface area (Å²) >= 11 is 9.65. The molecule has 0 aliphatic rings. The summed E-state index contributed by atoms with van der Waals surface area (Å²) in [5.41, 5.74) is 2.01. The van der Waals surface area contributed by atoms with Gasteiger partial charge in [-0.2, -0.15) is 0 Å². The lowest BCUT2D eigenvalue weighted by Crippen LogP contribution is -2.49. The van der Waals surface area contributed by atoms with Gasteiger partial charge >= 0.3 is 0 Å². The van der Waals surface area contributed by atoms with Crippen LogP contribution in [0.2, 0.25) is 5.02 Å². The predicted octanol–water partition coefficient (Wildman–Crippen LogP) is 5.72. The normalized spacial score (nSPS) is 12.2. The Hall–Kier alpha value is -2.05. The van der Waals surface area contributed by atoms with E-state index in [2.05, 4.69) is 42.0 Å². The summed E-state index contributed by atoms with van der Waals surface area (Å²) in [5.74, 6) is 0.103. The maximum Gasteiger partial charge on any atom is 0.261 e. The summed E-state index contributed by atoms with van der Waals surface area (Å²) in [6, 6.07) is 12.5. The van der Waals surface area contributed by atoms with E-state index in [1.165, 1.54) is 4.90 Å². The van der Waals surface area contributed by atoms with Crippen molar-refractivity contribution in [2.75, 3.05) is 13.2 Å². The van der Waals surface area contributed by atoms with Gasteiger partial charge in [-0.15, -0.1) is 0 Å². The van der Waals surface area contributed by atoms with Crippen molar-refractivity contribution >= 4 is 39.3 Å². The number of benzene rings is 2. The average Bonchev–Trinajstić information content (AvgIpc) is 2.73. The third-order valence-corrected chi connectivity index (χ3v) is 5.96. The maximum absolute atomic E-state index is 13.1. The maximum atomic E-state index is 13.1. The molecule has 2 amide bonds. The van der Waals surface area contributed by atoms with Gasteiger partial charge < -0.3 is 15.0 Å². The van der Waals surface area contributed by atoms with E-state index >= 15 is 0 Å². The highest BCUT2D eigenvalue weighted by Gasteiger charge is 2.26. The Morgan fingerprint density at radius 2 is 1.91 bits per heavy atom. The molecule has 0 heterocycles. The molecule has 0 aliphatic heterocycles. The van der Waals surface area contributed by atoms with Crippen LogP contribution in [0.25, 0.3) is 0 Å². The Bertz CT molecular complexity index is 943. The van der Waals surface area contributed by atoms with E-state index in [-0.39, 0.29) is 30.4 Å². The van der Waals surface area contributed by atoms with E-state index in [1.54, 1.807) is 19.1 Å². The second-order valence-electron chi connectivity index (χ2n) is 8.80. The number of hydrogen-bond donors (Lipinski definition) is 1. The van der Waals surface area contributed by atoms with Crippen molar-refractivity contribution in [3.8, 4) is 5.75 Å². The van der Waals surface area contributed by atoms with Crippen molar-refractivity contribution in [3.63, 3.8) is 0 Å². The molecule has 2 rings (SSSR count). The summed E-state index contributed by atoms with van der Waals surface area (Å²) in [7, 11) is 0. The number of ether oxygens (including phenoxy) is 1. The third kappa shape index (κ3) is 7.52. The number of carbonyl (C=O) groups is 2. The molecule has 2 aromatic rings. The molecule has 1 unspecified atom stereocenters. The van der Waals surface area contributed by atoms with E-state index in [1.807, 2.05) is 37.3 Å². The Labute approximate surface area is 204 Å². The smallest absolute Gasteiger partial charge is 0.261 e. The topological polar surface area (TPSA) is 58.6 Å². The molecule has 0 bridgehead atoms. The van der Waals surface area contributed by atoms with E-state index in [4.69, 9.17) is 16.3 Å². The molecule has 32 heavy (non-hydrogen) atoms. The summed E-state index contributed by atoms with van der Waals surface area (Å²) in [4.78, 5) is 27.2. The van der Waals surface area contributed by atoms with Crippen molar-refractivity contribution < 1.29 is 14.3 Å². The van der Waals surface area contributed by atoms with Crippen molar-refractivity contribution in [3.05, 3.63) is 63.1 Å². The Kier molecular flexibility index (Phi) is 9.59. The van der Waals surface area contributed by atoms with E-state index in [0.717, 1.165) is 22.0 Å². The predicted molar refractivity (Wildman–Crippen MR) is 133 cm³/mol. The first-order valence-electron chi connectivity index (χ1n) is 10.8. The summed E-state index contributed by atoms with van der Waals surface area (Å²) in [5, 5.41) is 3.44.